The van der Waals surface area contributed by atoms with E-state index < -0.39 is 5.97 Å². The van der Waals surface area contributed by atoms with Gasteiger partial charge in [0, 0.05) is 18.7 Å². The number of carboxylic acids is 1. The highest BCUT2D eigenvalue weighted by atomic mass is 16.4. The average molecular weight is 261 g/mol. The molecular formula is C15H19NO3. The van der Waals surface area contributed by atoms with E-state index in [4.69, 9.17) is 5.11 Å². The maximum Gasteiger partial charge on any atom is 0.335 e. The molecule has 1 saturated carbocycles. The molecule has 1 amide bonds. The van der Waals surface area contributed by atoms with E-state index in [1.807, 2.05) is 7.05 Å². The normalized spacial score (nSPS) is 17.6. The summed E-state index contributed by atoms with van der Waals surface area (Å²) < 4.78 is 0. The third-order valence-corrected chi connectivity index (χ3v) is 4.33. The zero-order valence-corrected chi connectivity index (χ0v) is 11.5. The first-order valence-electron chi connectivity index (χ1n) is 6.46. The predicted octanol–water partition coefficient (Wildman–Crippen LogP) is 2.65. The van der Waals surface area contributed by atoms with Gasteiger partial charge in [-0.1, -0.05) is 6.92 Å². The molecule has 1 aromatic rings. The number of hydrogen-bond acceptors (Lipinski definition) is 2. The van der Waals surface area contributed by atoms with Crippen molar-refractivity contribution >= 4 is 11.9 Å². The van der Waals surface area contributed by atoms with Crippen molar-refractivity contribution in [1.29, 1.82) is 0 Å². The van der Waals surface area contributed by atoms with Gasteiger partial charge in [0.15, 0.2) is 0 Å². The topological polar surface area (TPSA) is 57.6 Å². The highest BCUT2D eigenvalue weighted by Crippen LogP contribution is 2.49. The minimum Gasteiger partial charge on any atom is -0.478 e. The maximum atomic E-state index is 12.3. The van der Waals surface area contributed by atoms with Crippen LogP contribution in [0, 0.1) is 5.41 Å². The first-order chi connectivity index (χ1) is 8.85. The van der Waals surface area contributed by atoms with Crippen LogP contribution < -0.4 is 0 Å². The van der Waals surface area contributed by atoms with Crippen molar-refractivity contribution in [2.24, 2.45) is 5.41 Å². The Morgan fingerprint density at radius 2 is 1.68 bits per heavy atom. The van der Waals surface area contributed by atoms with Crippen LogP contribution in [0.15, 0.2) is 24.3 Å². The Balaban J connectivity index is 2.12. The molecular weight excluding hydrogens is 242 g/mol. The van der Waals surface area contributed by atoms with Gasteiger partial charge in [-0.15, -0.1) is 0 Å². The average Bonchev–Trinajstić information content (AvgIpc) is 3.15. The van der Waals surface area contributed by atoms with E-state index in [2.05, 4.69) is 13.8 Å². The lowest BCUT2D eigenvalue weighted by Crippen LogP contribution is -2.40. The van der Waals surface area contributed by atoms with Crippen LogP contribution in [0.25, 0.3) is 0 Å². The summed E-state index contributed by atoms with van der Waals surface area (Å²) in [5, 5.41) is 8.83. The van der Waals surface area contributed by atoms with E-state index in [9.17, 15) is 9.59 Å². The molecule has 0 radical (unpaired) electrons. The summed E-state index contributed by atoms with van der Waals surface area (Å²) in [7, 11) is 1.81. The van der Waals surface area contributed by atoms with Gasteiger partial charge < -0.3 is 10.0 Å². The van der Waals surface area contributed by atoms with Gasteiger partial charge in [0.25, 0.3) is 5.91 Å². The zero-order chi connectivity index (χ0) is 14.2. The number of nitrogens with zero attached hydrogens (tertiary/aromatic N) is 1. The molecule has 4 heteroatoms. The highest BCUT2D eigenvalue weighted by molar-refractivity contribution is 5.96. The molecule has 0 spiro atoms. The standard InChI is InChI=1S/C15H19NO3/c1-10(15(2)8-9-15)16(3)13(17)11-4-6-12(7-5-11)14(18)19/h4-7,10H,8-9H2,1-3H3,(H,18,19). The lowest BCUT2D eigenvalue weighted by atomic mass is 9.98. The number of hydrogen-bond donors (Lipinski definition) is 1. The van der Waals surface area contributed by atoms with Gasteiger partial charge in [0.05, 0.1) is 5.56 Å². The molecule has 0 aromatic heterocycles. The molecule has 1 aromatic carbocycles. The monoisotopic (exact) mass is 261 g/mol. The smallest absolute Gasteiger partial charge is 0.335 e. The number of carboxylic acid groups (broad SMARTS) is 1. The summed E-state index contributed by atoms with van der Waals surface area (Å²) in [6, 6.07) is 6.27. The molecule has 1 aliphatic rings. The number of carbonyl (C=O) groups excluding carboxylic acids is 1. The molecule has 2 rings (SSSR count). The van der Waals surface area contributed by atoms with E-state index in [-0.39, 0.29) is 22.9 Å². The Kier molecular flexibility index (Phi) is 3.35. The van der Waals surface area contributed by atoms with Gasteiger partial charge in [0.2, 0.25) is 0 Å². The molecule has 1 aliphatic carbocycles. The summed E-state index contributed by atoms with van der Waals surface area (Å²) in [6.45, 7) is 4.26. The van der Waals surface area contributed by atoms with Crippen LogP contribution in [0.1, 0.15) is 47.4 Å². The van der Waals surface area contributed by atoms with Crippen LogP contribution in [0.2, 0.25) is 0 Å². The highest BCUT2D eigenvalue weighted by Gasteiger charge is 2.45. The van der Waals surface area contributed by atoms with Crippen molar-refractivity contribution in [3.05, 3.63) is 35.4 Å². The molecule has 19 heavy (non-hydrogen) atoms. The lowest BCUT2D eigenvalue weighted by molar-refractivity contribution is 0.0676. The Labute approximate surface area is 113 Å². The Morgan fingerprint density at radius 1 is 1.21 bits per heavy atom. The fraction of sp³-hybridized carbons (Fsp3) is 0.467. The van der Waals surface area contributed by atoms with Gasteiger partial charge in [-0.25, -0.2) is 4.79 Å². The molecule has 1 unspecified atom stereocenters. The summed E-state index contributed by atoms with van der Waals surface area (Å²) in [5.41, 5.74) is 0.968. The van der Waals surface area contributed by atoms with Crippen LogP contribution in [0.4, 0.5) is 0 Å². The number of aromatic carboxylic acids is 1. The van der Waals surface area contributed by atoms with E-state index in [0.717, 1.165) is 12.8 Å². The van der Waals surface area contributed by atoms with Crippen molar-refractivity contribution in [2.45, 2.75) is 32.7 Å². The van der Waals surface area contributed by atoms with E-state index in [0.29, 0.717) is 5.56 Å². The minimum absolute atomic E-state index is 0.0578. The van der Waals surface area contributed by atoms with Crippen LogP contribution in [-0.2, 0) is 0 Å². The first kappa shape index (κ1) is 13.6. The lowest BCUT2D eigenvalue weighted by Gasteiger charge is -2.30. The molecule has 1 N–H and O–H groups in total. The first-order valence-corrected chi connectivity index (χ1v) is 6.46. The van der Waals surface area contributed by atoms with Crippen LogP contribution in [0.3, 0.4) is 0 Å². The number of carbonyl (C=O) groups is 2. The molecule has 102 valence electrons. The minimum atomic E-state index is -0.980. The van der Waals surface area contributed by atoms with Crippen molar-refractivity contribution in [3.63, 3.8) is 0 Å². The van der Waals surface area contributed by atoms with Crippen molar-refractivity contribution in [1.82, 2.24) is 4.90 Å². The van der Waals surface area contributed by atoms with E-state index >= 15 is 0 Å². The predicted molar refractivity (Wildman–Crippen MR) is 72.3 cm³/mol. The molecule has 0 saturated heterocycles. The number of benzene rings is 1. The third-order valence-electron chi connectivity index (χ3n) is 4.33. The number of amides is 1. The second-order valence-electron chi connectivity index (χ2n) is 5.63. The Bertz CT molecular complexity index is 503. The molecule has 1 fully saturated rings. The Morgan fingerprint density at radius 3 is 2.11 bits per heavy atom. The van der Waals surface area contributed by atoms with Gasteiger partial charge >= 0.3 is 5.97 Å². The van der Waals surface area contributed by atoms with Crippen LogP contribution >= 0.6 is 0 Å². The van der Waals surface area contributed by atoms with Gasteiger partial charge in [-0.2, -0.15) is 0 Å². The third kappa shape index (κ3) is 2.62. The Hall–Kier alpha value is -1.84. The van der Waals surface area contributed by atoms with Crippen molar-refractivity contribution in [2.75, 3.05) is 7.05 Å². The summed E-state index contributed by atoms with van der Waals surface area (Å²) in [6.07, 6.45) is 2.31. The summed E-state index contributed by atoms with van der Waals surface area (Å²) >= 11 is 0. The van der Waals surface area contributed by atoms with Crippen molar-refractivity contribution < 1.29 is 14.7 Å². The largest absolute Gasteiger partial charge is 0.478 e. The van der Waals surface area contributed by atoms with E-state index in [1.165, 1.54) is 12.1 Å². The molecule has 1 atom stereocenters. The molecule has 0 bridgehead atoms. The van der Waals surface area contributed by atoms with Gasteiger partial charge in [-0.05, 0) is 49.4 Å². The fourth-order valence-electron chi connectivity index (χ4n) is 2.22. The summed E-state index contributed by atoms with van der Waals surface area (Å²) in [4.78, 5) is 24.8. The van der Waals surface area contributed by atoms with E-state index in [1.54, 1.807) is 17.0 Å². The molecule has 4 nitrogen and oxygen atoms in total. The second-order valence-corrected chi connectivity index (χ2v) is 5.63. The van der Waals surface area contributed by atoms with Gasteiger partial charge in [-0.3, -0.25) is 4.79 Å². The van der Waals surface area contributed by atoms with Gasteiger partial charge in [0.1, 0.15) is 0 Å². The van der Waals surface area contributed by atoms with Crippen LogP contribution in [-0.4, -0.2) is 35.0 Å². The molecule has 0 heterocycles. The van der Waals surface area contributed by atoms with Crippen molar-refractivity contribution in [3.8, 4) is 0 Å². The second kappa shape index (κ2) is 4.68. The summed E-state index contributed by atoms with van der Waals surface area (Å²) in [5.74, 6) is -1.04. The maximum absolute atomic E-state index is 12.3. The SMILES string of the molecule is CC(N(C)C(=O)c1ccc(C(=O)O)cc1)C1(C)CC1. The zero-order valence-electron chi connectivity index (χ0n) is 11.5. The number of rotatable bonds is 4. The van der Waals surface area contributed by atoms with Crippen LogP contribution in [0.5, 0.6) is 0 Å². The quantitative estimate of drug-likeness (QED) is 0.906. The molecule has 0 aliphatic heterocycles. The fourth-order valence-corrected chi connectivity index (χ4v) is 2.22.